The largest absolute Gasteiger partial charge is 0.493 e. The number of amides is 1. The van der Waals surface area contributed by atoms with Gasteiger partial charge in [-0.15, -0.1) is 0 Å². The summed E-state index contributed by atoms with van der Waals surface area (Å²) >= 11 is 0. The molecule has 0 bridgehead atoms. The zero-order valence-corrected chi connectivity index (χ0v) is 12.6. The molecule has 0 aliphatic carbocycles. The molecule has 0 saturated heterocycles. The van der Waals surface area contributed by atoms with Gasteiger partial charge in [0.15, 0.2) is 11.5 Å². The van der Waals surface area contributed by atoms with Crippen LogP contribution in [0.3, 0.4) is 0 Å². The minimum Gasteiger partial charge on any atom is -0.493 e. The van der Waals surface area contributed by atoms with Crippen LogP contribution in [0.4, 0.5) is 0 Å². The van der Waals surface area contributed by atoms with Gasteiger partial charge in [-0.1, -0.05) is 0 Å². The number of carbonyl (C=O) groups is 2. The van der Waals surface area contributed by atoms with Crippen LogP contribution in [0.1, 0.15) is 30.6 Å². The highest BCUT2D eigenvalue weighted by molar-refractivity contribution is 5.95. The number of methoxy groups -OCH3 is 1. The number of benzene rings is 1. The molecule has 1 amide bonds. The van der Waals surface area contributed by atoms with Gasteiger partial charge in [0.25, 0.3) is 5.91 Å². The topological polar surface area (TPSA) is 76.1 Å². The van der Waals surface area contributed by atoms with Crippen LogP contribution in [0.2, 0.25) is 0 Å². The van der Waals surface area contributed by atoms with Crippen LogP contribution in [0.5, 0.6) is 11.5 Å². The zero-order valence-electron chi connectivity index (χ0n) is 12.6. The summed E-state index contributed by atoms with van der Waals surface area (Å²) in [4.78, 5) is 24.5. The molecule has 1 aromatic rings. The van der Waals surface area contributed by atoms with E-state index in [4.69, 9.17) is 14.6 Å². The number of nitrogens with zero attached hydrogens (tertiary/aromatic N) is 1. The second kappa shape index (κ2) is 8.14. The van der Waals surface area contributed by atoms with Crippen LogP contribution in [0, 0.1) is 0 Å². The molecule has 1 rings (SSSR count). The molecule has 116 valence electrons. The van der Waals surface area contributed by atoms with Crippen LogP contribution >= 0.6 is 0 Å². The molecule has 0 unspecified atom stereocenters. The van der Waals surface area contributed by atoms with Gasteiger partial charge in [-0.05, 0) is 32.0 Å². The highest BCUT2D eigenvalue weighted by Crippen LogP contribution is 2.28. The van der Waals surface area contributed by atoms with Crippen molar-refractivity contribution in [1.29, 1.82) is 0 Å². The van der Waals surface area contributed by atoms with Gasteiger partial charge in [0.05, 0.1) is 20.1 Å². The maximum absolute atomic E-state index is 12.4. The fraction of sp³-hybridized carbons (Fsp3) is 0.467. The van der Waals surface area contributed by atoms with Gasteiger partial charge in [0, 0.05) is 18.7 Å². The molecule has 0 fully saturated rings. The van der Waals surface area contributed by atoms with Crippen molar-refractivity contribution in [2.75, 3.05) is 26.8 Å². The first-order valence-corrected chi connectivity index (χ1v) is 6.85. The minimum atomic E-state index is -0.925. The van der Waals surface area contributed by atoms with E-state index in [1.165, 1.54) is 12.0 Å². The van der Waals surface area contributed by atoms with Gasteiger partial charge in [-0.3, -0.25) is 9.59 Å². The summed E-state index contributed by atoms with van der Waals surface area (Å²) in [5.41, 5.74) is 0.450. The van der Waals surface area contributed by atoms with Crippen LogP contribution in [-0.2, 0) is 4.79 Å². The molecule has 1 aromatic carbocycles. The third-order valence-corrected chi connectivity index (χ3v) is 2.97. The molecule has 0 aliphatic rings. The Morgan fingerprint density at radius 2 is 1.95 bits per heavy atom. The SMILES string of the molecule is CCOc1cc(C(=O)N(CC)CCC(=O)O)ccc1OC. The maximum Gasteiger partial charge on any atom is 0.305 e. The van der Waals surface area contributed by atoms with Gasteiger partial charge in [-0.25, -0.2) is 0 Å². The van der Waals surface area contributed by atoms with Crippen molar-refractivity contribution in [3.63, 3.8) is 0 Å². The normalized spacial score (nSPS) is 10.0. The highest BCUT2D eigenvalue weighted by Gasteiger charge is 2.17. The average molecular weight is 295 g/mol. The molecule has 0 heterocycles. The molecule has 0 radical (unpaired) electrons. The standard InChI is InChI=1S/C15H21NO5/c1-4-16(9-8-14(17)18)15(19)11-6-7-12(20-3)13(10-11)21-5-2/h6-7,10H,4-5,8-9H2,1-3H3,(H,17,18). The van der Waals surface area contributed by atoms with E-state index in [-0.39, 0.29) is 18.9 Å². The first-order chi connectivity index (χ1) is 10.0. The lowest BCUT2D eigenvalue weighted by Crippen LogP contribution is -2.32. The second-order valence-electron chi connectivity index (χ2n) is 4.33. The van der Waals surface area contributed by atoms with Crippen LogP contribution < -0.4 is 9.47 Å². The molecule has 21 heavy (non-hydrogen) atoms. The molecule has 0 aliphatic heterocycles. The van der Waals surface area contributed by atoms with Crippen molar-refractivity contribution in [1.82, 2.24) is 4.90 Å². The van der Waals surface area contributed by atoms with E-state index in [0.717, 1.165) is 0 Å². The predicted octanol–water partition coefficient (Wildman–Crippen LogP) is 2.03. The number of carboxylic acids is 1. The van der Waals surface area contributed by atoms with Gasteiger partial charge >= 0.3 is 5.97 Å². The summed E-state index contributed by atoms with van der Waals surface area (Å²) < 4.78 is 10.6. The summed E-state index contributed by atoms with van der Waals surface area (Å²) in [6, 6.07) is 4.93. The minimum absolute atomic E-state index is 0.0753. The van der Waals surface area contributed by atoms with E-state index in [1.54, 1.807) is 18.2 Å². The molecular weight excluding hydrogens is 274 g/mol. The highest BCUT2D eigenvalue weighted by atomic mass is 16.5. The Hall–Kier alpha value is -2.24. The number of ether oxygens (including phenoxy) is 2. The number of aliphatic carboxylic acids is 1. The Labute approximate surface area is 124 Å². The summed E-state index contributed by atoms with van der Waals surface area (Å²) in [5, 5.41) is 8.72. The number of hydrogen-bond donors (Lipinski definition) is 1. The first-order valence-electron chi connectivity index (χ1n) is 6.85. The van der Waals surface area contributed by atoms with E-state index >= 15 is 0 Å². The van der Waals surface area contributed by atoms with E-state index in [2.05, 4.69) is 0 Å². The van der Waals surface area contributed by atoms with Crippen molar-refractivity contribution >= 4 is 11.9 Å². The van der Waals surface area contributed by atoms with Gasteiger partial charge < -0.3 is 19.5 Å². The lowest BCUT2D eigenvalue weighted by atomic mass is 10.1. The van der Waals surface area contributed by atoms with Gasteiger partial charge in [0.1, 0.15) is 0 Å². The third-order valence-electron chi connectivity index (χ3n) is 2.97. The maximum atomic E-state index is 12.4. The van der Waals surface area contributed by atoms with Crippen LogP contribution in [0.15, 0.2) is 18.2 Å². The van der Waals surface area contributed by atoms with Crippen LogP contribution in [-0.4, -0.2) is 48.7 Å². The molecule has 0 atom stereocenters. The summed E-state index contributed by atoms with van der Waals surface area (Å²) in [6.07, 6.45) is -0.0753. The lowest BCUT2D eigenvalue weighted by molar-refractivity contribution is -0.137. The van der Waals surface area contributed by atoms with Crippen molar-refractivity contribution in [2.24, 2.45) is 0 Å². The molecule has 1 N–H and O–H groups in total. The van der Waals surface area contributed by atoms with E-state index in [0.29, 0.717) is 30.2 Å². The number of hydrogen-bond acceptors (Lipinski definition) is 4. The molecule has 0 saturated carbocycles. The monoisotopic (exact) mass is 295 g/mol. The third kappa shape index (κ3) is 4.66. The summed E-state index contributed by atoms with van der Waals surface area (Å²) in [6.45, 7) is 4.75. The molecule has 0 aromatic heterocycles. The number of carbonyl (C=O) groups excluding carboxylic acids is 1. The molecule has 0 spiro atoms. The number of carboxylic acid groups (broad SMARTS) is 1. The smallest absolute Gasteiger partial charge is 0.305 e. The van der Waals surface area contributed by atoms with E-state index in [9.17, 15) is 9.59 Å². The van der Waals surface area contributed by atoms with E-state index in [1.807, 2.05) is 13.8 Å². The van der Waals surface area contributed by atoms with Crippen molar-refractivity contribution in [3.8, 4) is 11.5 Å². The summed E-state index contributed by atoms with van der Waals surface area (Å²) in [5.74, 6) is -0.0875. The molecule has 6 nitrogen and oxygen atoms in total. The molecule has 6 heteroatoms. The summed E-state index contributed by atoms with van der Waals surface area (Å²) in [7, 11) is 1.53. The Morgan fingerprint density at radius 1 is 1.24 bits per heavy atom. The average Bonchev–Trinajstić information content (AvgIpc) is 2.47. The Bertz CT molecular complexity index is 501. The Balaban J connectivity index is 2.94. The number of rotatable bonds is 8. The van der Waals surface area contributed by atoms with Crippen molar-refractivity contribution < 1.29 is 24.2 Å². The predicted molar refractivity (Wildman–Crippen MR) is 78.0 cm³/mol. The van der Waals surface area contributed by atoms with E-state index < -0.39 is 5.97 Å². The Morgan fingerprint density at radius 3 is 2.48 bits per heavy atom. The van der Waals surface area contributed by atoms with Crippen LogP contribution in [0.25, 0.3) is 0 Å². The fourth-order valence-corrected chi connectivity index (χ4v) is 1.89. The Kier molecular flexibility index (Phi) is 6.52. The quantitative estimate of drug-likeness (QED) is 0.794. The first kappa shape index (κ1) is 16.8. The van der Waals surface area contributed by atoms with Crippen molar-refractivity contribution in [3.05, 3.63) is 23.8 Å². The second-order valence-corrected chi connectivity index (χ2v) is 4.33. The fourth-order valence-electron chi connectivity index (χ4n) is 1.89. The lowest BCUT2D eigenvalue weighted by Gasteiger charge is -2.20. The van der Waals surface area contributed by atoms with Gasteiger partial charge in [-0.2, -0.15) is 0 Å². The molecular formula is C15H21NO5. The zero-order chi connectivity index (χ0) is 15.8. The van der Waals surface area contributed by atoms with Crippen molar-refractivity contribution in [2.45, 2.75) is 20.3 Å². The van der Waals surface area contributed by atoms with Gasteiger partial charge in [0.2, 0.25) is 0 Å².